The van der Waals surface area contributed by atoms with Crippen LogP contribution in [0.4, 0.5) is 5.95 Å². The third-order valence-electron chi connectivity index (χ3n) is 14.4. The van der Waals surface area contributed by atoms with Crippen molar-refractivity contribution in [1.82, 2.24) is 20.2 Å². The predicted octanol–water partition coefficient (Wildman–Crippen LogP) is 5.51. The van der Waals surface area contributed by atoms with Crippen molar-refractivity contribution < 1.29 is 19.4 Å². The van der Waals surface area contributed by atoms with Crippen LogP contribution < -0.4 is 11.5 Å². The van der Waals surface area contributed by atoms with Gasteiger partial charge in [0.2, 0.25) is 0 Å². The minimum absolute atomic E-state index is 0.113. The fourth-order valence-corrected chi connectivity index (χ4v) is 11.8. The Kier molecular flexibility index (Phi) is 7.66. The van der Waals surface area contributed by atoms with Crippen molar-refractivity contribution in [3.8, 4) is 0 Å². The molecule has 10 heteroatoms. The van der Waals surface area contributed by atoms with Gasteiger partial charge in [-0.15, -0.1) is 5.10 Å². The molecule has 11 atom stereocenters. The highest BCUT2D eigenvalue weighted by Gasteiger charge is 2.72. The van der Waals surface area contributed by atoms with E-state index in [1.165, 1.54) is 5.57 Å². The molecule has 252 valence electrons. The van der Waals surface area contributed by atoms with Gasteiger partial charge >= 0.3 is 5.97 Å². The first-order chi connectivity index (χ1) is 20.8. The van der Waals surface area contributed by atoms with Crippen molar-refractivity contribution in [2.24, 2.45) is 62.4 Å². The van der Waals surface area contributed by atoms with Gasteiger partial charge in [0, 0.05) is 11.0 Å². The fraction of sp³-hybridized carbons (Fsp3) is 0.886. The average molecular weight is 627 g/mol. The molecule has 3 saturated carbocycles. The Morgan fingerprint density at radius 2 is 1.87 bits per heavy atom. The van der Waals surface area contributed by atoms with E-state index in [1.807, 2.05) is 13.8 Å². The van der Waals surface area contributed by atoms with Crippen LogP contribution in [0.5, 0.6) is 0 Å². The van der Waals surface area contributed by atoms with E-state index >= 15 is 0 Å². The number of hydrogen-bond acceptors (Lipinski definition) is 8. The maximum Gasteiger partial charge on any atom is 0.307 e. The Balaban J connectivity index is 1.51. The average Bonchev–Trinajstić information content (AvgIpc) is 3.37. The predicted molar refractivity (Wildman–Crippen MR) is 173 cm³/mol. The summed E-state index contributed by atoms with van der Waals surface area (Å²) in [7, 11) is 0. The summed E-state index contributed by atoms with van der Waals surface area (Å²) in [5.74, 6) is 0.357. The number of carbonyl (C=O) groups is 1. The lowest BCUT2D eigenvalue weighted by Gasteiger charge is -2.71. The molecule has 45 heavy (non-hydrogen) atoms. The summed E-state index contributed by atoms with van der Waals surface area (Å²) in [6.07, 6.45) is 7.71. The van der Waals surface area contributed by atoms with Crippen LogP contribution in [0.25, 0.3) is 0 Å². The number of nitrogens with two attached hydrogens (primary N) is 2. The molecular formula is C35H58N6O4. The maximum absolute atomic E-state index is 13.4. The summed E-state index contributed by atoms with van der Waals surface area (Å²) in [6.45, 7) is 21.7. The molecule has 10 nitrogen and oxygen atoms in total. The number of nitrogen functional groups attached to an aromatic ring is 1. The van der Waals surface area contributed by atoms with Crippen molar-refractivity contribution in [3.63, 3.8) is 0 Å². The van der Waals surface area contributed by atoms with Crippen LogP contribution >= 0.6 is 0 Å². The first-order valence-corrected chi connectivity index (χ1v) is 17.3. The third-order valence-corrected chi connectivity index (χ3v) is 14.4. The molecule has 0 spiro atoms. The Bertz CT molecular complexity index is 1360. The van der Waals surface area contributed by atoms with Gasteiger partial charge in [-0.2, -0.15) is 4.80 Å². The lowest BCUT2D eigenvalue weighted by atomic mass is 9.34. The van der Waals surface area contributed by atoms with E-state index in [-0.39, 0.29) is 40.3 Å². The Hall–Kier alpha value is -2.04. The van der Waals surface area contributed by atoms with Crippen LogP contribution in [-0.4, -0.2) is 62.7 Å². The summed E-state index contributed by atoms with van der Waals surface area (Å²) in [4.78, 5) is 15.1. The van der Waals surface area contributed by atoms with Crippen LogP contribution in [-0.2, 0) is 14.3 Å². The quantitative estimate of drug-likeness (QED) is 0.333. The van der Waals surface area contributed by atoms with Crippen LogP contribution in [0.1, 0.15) is 107 Å². The summed E-state index contributed by atoms with van der Waals surface area (Å²) >= 11 is 0. The van der Waals surface area contributed by atoms with Crippen molar-refractivity contribution >= 4 is 11.9 Å². The maximum atomic E-state index is 13.4. The molecule has 6 rings (SSSR count). The molecule has 1 saturated heterocycles. The topological polar surface area (TPSA) is 151 Å². The zero-order valence-electron chi connectivity index (χ0n) is 29.1. The number of allylic oxidation sites excluding steroid dienone is 1. The summed E-state index contributed by atoms with van der Waals surface area (Å²) < 4.78 is 13.6. The van der Waals surface area contributed by atoms with Gasteiger partial charge in [0.15, 0.2) is 0 Å². The first kappa shape index (κ1) is 32.9. The molecule has 1 aromatic heterocycles. The van der Waals surface area contributed by atoms with E-state index in [2.05, 4.69) is 70.0 Å². The number of nitrogens with zero attached hydrogens (tertiary/aromatic N) is 4. The molecule has 4 aliphatic carbocycles. The molecule has 4 fully saturated rings. The Morgan fingerprint density at radius 1 is 1.16 bits per heavy atom. The number of aromatic nitrogens is 4. The molecule has 2 bridgehead atoms. The largest absolute Gasteiger partial charge is 0.481 e. The zero-order chi connectivity index (χ0) is 33.0. The molecule has 2 heterocycles. The monoisotopic (exact) mass is 626 g/mol. The number of rotatable bonds is 7. The number of tetrazole rings is 1. The van der Waals surface area contributed by atoms with Crippen LogP contribution in [0.15, 0.2) is 11.6 Å². The van der Waals surface area contributed by atoms with Crippen molar-refractivity contribution in [1.29, 1.82) is 0 Å². The standard InChI is InChI=1S/C35H58N6O4/c1-20(2)21(3)32(7)14-15-33(8)22-10-11-25-31(6)16-24(41-39-29(36)38-40-41)27(45-17-30(4,5)37)35(25,19-44-18-31)23(22)12-13-34(33,9)26(32)28(42)43/h12,20-22,24-27H,10-11,13-19,37H2,1-9H3,(H2,36,39)(H,42,43)/t21-,22+,24-,25-,26-,27+,31-,32-,33-,34+,35+/m1/s1. The Labute approximate surface area is 269 Å². The van der Waals surface area contributed by atoms with Crippen LogP contribution in [0, 0.1) is 56.7 Å². The van der Waals surface area contributed by atoms with Gasteiger partial charge in [-0.05, 0) is 103 Å². The van der Waals surface area contributed by atoms with Crippen molar-refractivity contribution in [2.45, 2.75) is 119 Å². The lowest BCUT2D eigenvalue weighted by Crippen LogP contribution is -2.70. The van der Waals surface area contributed by atoms with E-state index in [1.54, 1.807) is 4.80 Å². The van der Waals surface area contributed by atoms with Crippen molar-refractivity contribution in [3.05, 3.63) is 11.6 Å². The normalized spacial score (nSPS) is 45.2. The van der Waals surface area contributed by atoms with Gasteiger partial charge in [0.1, 0.15) is 6.04 Å². The SMILES string of the molecule is CC(C)[C@@H](C)[C@@]1(C)CC[C@]2(C)[C@H]3CC[C@@H]4[C@@]5(C)COC[C@@]4(C3=CC[C@@]2(C)[C@@H]1C(=O)O)[C@@H](OCC(C)(C)N)[C@H](n1nnc(N)n1)C5. The molecule has 5 aliphatic rings. The van der Waals surface area contributed by atoms with Gasteiger partial charge < -0.3 is 26.0 Å². The smallest absolute Gasteiger partial charge is 0.307 e. The van der Waals surface area contributed by atoms with E-state index < -0.39 is 28.3 Å². The molecule has 1 aliphatic heterocycles. The third kappa shape index (κ3) is 4.58. The molecule has 5 N–H and O–H groups in total. The minimum Gasteiger partial charge on any atom is -0.481 e. The van der Waals surface area contributed by atoms with E-state index in [0.29, 0.717) is 37.6 Å². The summed E-state index contributed by atoms with van der Waals surface area (Å²) in [6, 6.07) is -0.184. The molecule has 0 unspecified atom stereocenters. The number of anilines is 1. The van der Waals surface area contributed by atoms with Gasteiger partial charge in [-0.1, -0.05) is 65.2 Å². The van der Waals surface area contributed by atoms with Gasteiger partial charge in [-0.25, -0.2) is 0 Å². The summed E-state index contributed by atoms with van der Waals surface area (Å²) in [5.41, 5.74) is 12.0. The lowest BCUT2D eigenvalue weighted by molar-refractivity contribution is -0.255. The number of ether oxygens (including phenoxy) is 2. The van der Waals surface area contributed by atoms with Crippen molar-refractivity contribution in [2.75, 3.05) is 25.6 Å². The number of carboxylic acid groups (broad SMARTS) is 1. The number of aliphatic carboxylic acids is 1. The minimum atomic E-state index is -0.644. The second-order valence-corrected chi connectivity index (χ2v) is 17.8. The number of fused-ring (bicyclic) bond motifs is 3. The zero-order valence-corrected chi connectivity index (χ0v) is 29.1. The molecular weight excluding hydrogens is 568 g/mol. The highest BCUT2D eigenvalue weighted by Crippen LogP contribution is 2.75. The molecule has 1 aromatic rings. The van der Waals surface area contributed by atoms with Crippen LogP contribution in [0.2, 0.25) is 0 Å². The van der Waals surface area contributed by atoms with E-state index in [9.17, 15) is 9.90 Å². The van der Waals surface area contributed by atoms with Crippen LogP contribution in [0.3, 0.4) is 0 Å². The first-order valence-electron chi connectivity index (χ1n) is 17.3. The number of carboxylic acids is 1. The fourth-order valence-electron chi connectivity index (χ4n) is 11.8. The molecule has 0 amide bonds. The number of hydrogen-bond donors (Lipinski definition) is 3. The van der Waals surface area contributed by atoms with Gasteiger partial charge in [0.25, 0.3) is 5.95 Å². The van der Waals surface area contributed by atoms with Gasteiger partial charge in [0.05, 0.1) is 31.8 Å². The molecule has 0 radical (unpaired) electrons. The Morgan fingerprint density at radius 3 is 2.47 bits per heavy atom. The van der Waals surface area contributed by atoms with E-state index in [4.69, 9.17) is 20.9 Å². The second-order valence-electron chi connectivity index (χ2n) is 17.8. The van der Waals surface area contributed by atoms with Gasteiger partial charge in [-0.3, -0.25) is 4.79 Å². The molecule has 0 aromatic carbocycles. The highest BCUT2D eigenvalue weighted by molar-refractivity contribution is 5.73. The second kappa shape index (κ2) is 10.5. The van der Waals surface area contributed by atoms with E-state index in [0.717, 1.165) is 38.5 Å². The highest BCUT2D eigenvalue weighted by atomic mass is 16.5. The summed E-state index contributed by atoms with van der Waals surface area (Å²) in [5, 5.41) is 24.0.